The normalized spacial score (nSPS) is 25.1. The fraction of sp³-hybridized carbons (Fsp3) is 0.533. The van der Waals surface area contributed by atoms with Crippen LogP contribution in [0.1, 0.15) is 18.9 Å². The summed E-state index contributed by atoms with van der Waals surface area (Å²) in [6, 6.07) is 10.3. The molecule has 0 fully saturated rings. The van der Waals surface area contributed by atoms with Crippen LogP contribution in [-0.4, -0.2) is 39.2 Å². The van der Waals surface area contributed by atoms with Crippen molar-refractivity contribution in [1.29, 1.82) is 0 Å². The fourth-order valence-corrected chi connectivity index (χ4v) is 4.20. The topological polar surface area (TPSA) is 43.3 Å². The SMILES string of the molecule is CON(C)C1(Cc2ccccc2)CC(C)=NO[Si](C)(C)O1. The van der Waals surface area contributed by atoms with Crippen LogP contribution in [0.5, 0.6) is 0 Å². The van der Waals surface area contributed by atoms with E-state index in [2.05, 4.69) is 17.3 Å². The molecule has 0 aliphatic carbocycles. The molecule has 0 aromatic heterocycles. The van der Waals surface area contributed by atoms with Crippen molar-refractivity contribution in [2.24, 2.45) is 5.16 Å². The molecule has 0 spiro atoms. The molecule has 1 aliphatic heterocycles. The molecule has 0 N–H and O–H groups in total. The third-order valence-electron chi connectivity index (χ3n) is 3.56. The molecule has 0 saturated heterocycles. The lowest BCUT2D eigenvalue weighted by Gasteiger charge is -2.42. The highest BCUT2D eigenvalue weighted by atomic mass is 28.4. The number of hydrogen-bond acceptors (Lipinski definition) is 5. The Morgan fingerprint density at radius 3 is 2.62 bits per heavy atom. The number of benzene rings is 1. The van der Waals surface area contributed by atoms with Gasteiger partial charge in [0.1, 0.15) is 5.72 Å². The zero-order chi connectivity index (χ0) is 15.5. The highest BCUT2D eigenvalue weighted by molar-refractivity contribution is 6.64. The van der Waals surface area contributed by atoms with Crippen LogP contribution < -0.4 is 0 Å². The van der Waals surface area contributed by atoms with Crippen LogP contribution in [0.4, 0.5) is 0 Å². The summed E-state index contributed by atoms with van der Waals surface area (Å²) < 4.78 is 12.0. The lowest BCUT2D eigenvalue weighted by atomic mass is 9.97. The first-order valence-corrected chi connectivity index (χ1v) is 9.92. The molecule has 0 saturated carbocycles. The molecule has 1 atom stereocenters. The molecule has 5 nitrogen and oxygen atoms in total. The van der Waals surface area contributed by atoms with Crippen molar-refractivity contribution in [3.05, 3.63) is 35.9 Å². The van der Waals surface area contributed by atoms with Crippen LogP contribution in [0.25, 0.3) is 0 Å². The molecular weight excluding hydrogens is 284 g/mol. The Kier molecular flexibility index (Phi) is 4.83. The summed E-state index contributed by atoms with van der Waals surface area (Å²) >= 11 is 0. The summed E-state index contributed by atoms with van der Waals surface area (Å²) in [5, 5.41) is 5.98. The Labute approximate surface area is 127 Å². The molecule has 2 rings (SSSR count). The van der Waals surface area contributed by atoms with Crippen LogP contribution in [0.15, 0.2) is 35.5 Å². The molecule has 1 aliphatic rings. The van der Waals surface area contributed by atoms with E-state index in [4.69, 9.17) is 13.8 Å². The van der Waals surface area contributed by atoms with Gasteiger partial charge in [-0.25, -0.2) is 0 Å². The summed E-state index contributed by atoms with van der Waals surface area (Å²) in [6.07, 6.45) is 1.35. The predicted octanol–water partition coefficient (Wildman–Crippen LogP) is 2.93. The minimum atomic E-state index is -2.36. The van der Waals surface area contributed by atoms with Crippen LogP contribution in [-0.2, 0) is 20.2 Å². The van der Waals surface area contributed by atoms with Crippen LogP contribution in [0.3, 0.4) is 0 Å². The van der Waals surface area contributed by atoms with E-state index in [9.17, 15) is 0 Å². The van der Waals surface area contributed by atoms with Crippen molar-refractivity contribution >= 4 is 14.3 Å². The zero-order valence-corrected chi connectivity index (χ0v) is 14.4. The Balaban J connectivity index is 2.38. The molecule has 1 aromatic rings. The van der Waals surface area contributed by atoms with Gasteiger partial charge >= 0.3 is 8.56 Å². The van der Waals surface area contributed by atoms with E-state index in [0.29, 0.717) is 12.8 Å². The maximum absolute atomic E-state index is 6.42. The number of nitrogens with zero attached hydrogens (tertiary/aromatic N) is 2. The quantitative estimate of drug-likeness (QED) is 0.633. The fourth-order valence-electron chi connectivity index (χ4n) is 2.60. The van der Waals surface area contributed by atoms with Gasteiger partial charge in [-0.1, -0.05) is 30.3 Å². The van der Waals surface area contributed by atoms with E-state index in [-0.39, 0.29) is 0 Å². The van der Waals surface area contributed by atoms with Gasteiger partial charge in [-0.2, -0.15) is 5.06 Å². The Bertz CT molecular complexity index is 507. The molecular formula is C15H24N2O3Si. The van der Waals surface area contributed by atoms with Crippen LogP contribution in [0, 0.1) is 0 Å². The first kappa shape index (κ1) is 16.2. The maximum Gasteiger partial charge on any atom is 0.422 e. The second-order valence-corrected chi connectivity index (χ2v) is 9.07. The van der Waals surface area contributed by atoms with Gasteiger partial charge < -0.3 is 8.95 Å². The zero-order valence-electron chi connectivity index (χ0n) is 13.4. The first-order valence-electron chi connectivity index (χ1n) is 7.11. The van der Waals surface area contributed by atoms with Gasteiger partial charge in [-0.15, -0.1) is 5.16 Å². The molecule has 0 amide bonds. The van der Waals surface area contributed by atoms with E-state index in [1.165, 1.54) is 5.56 Å². The minimum absolute atomic E-state index is 0.601. The first-order chi connectivity index (χ1) is 9.87. The van der Waals surface area contributed by atoms with Gasteiger partial charge in [0.25, 0.3) is 0 Å². The van der Waals surface area contributed by atoms with Gasteiger partial charge in [0.2, 0.25) is 0 Å². The lowest BCUT2D eigenvalue weighted by molar-refractivity contribution is -0.256. The van der Waals surface area contributed by atoms with Crippen LogP contribution in [0.2, 0.25) is 13.1 Å². The van der Waals surface area contributed by atoms with Gasteiger partial charge in [-0.05, 0) is 25.6 Å². The summed E-state index contributed by atoms with van der Waals surface area (Å²) in [7, 11) is 1.19. The van der Waals surface area contributed by atoms with Crippen LogP contribution >= 0.6 is 0 Å². The van der Waals surface area contributed by atoms with E-state index in [0.717, 1.165) is 5.71 Å². The number of likely N-dealkylation sites (N-methyl/N-ethyl adjacent to an activating group) is 1. The molecule has 1 unspecified atom stereocenters. The second kappa shape index (κ2) is 6.27. The van der Waals surface area contributed by atoms with E-state index in [1.54, 1.807) is 12.2 Å². The number of oxime groups is 1. The molecule has 6 heteroatoms. The van der Waals surface area contributed by atoms with Crippen molar-refractivity contribution in [3.63, 3.8) is 0 Å². The smallest absolute Gasteiger partial charge is 0.422 e. The van der Waals surface area contributed by atoms with Gasteiger partial charge in [0, 0.05) is 19.9 Å². The Morgan fingerprint density at radius 2 is 2.00 bits per heavy atom. The van der Waals surface area contributed by atoms with E-state index < -0.39 is 14.3 Å². The maximum atomic E-state index is 6.42. The molecule has 1 heterocycles. The molecule has 116 valence electrons. The summed E-state index contributed by atoms with van der Waals surface area (Å²) in [5.74, 6) is 0. The standard InChI is InChI=1S/C15H24N2O3Si/c1-13-11-15(17(2)18-3,19-21(4,5)20-16-13)12-14-9-7-6-8-10-14/h6-10H,11-12H2,1-5H3. The third-order valence-corrected chi connectivity index (χ3v) is 4.96. The van der Waals surface area contributed by atoms with E-state index >= 15 is 0 Å². The largest absolute Gasteiger partial charge is 0.422 e. The highest BCUT2D eigenvalue weighted by Crippen LogP contribution is 2.32. The Hall–Kier alpha value is -1.21. The van der Waals surface area contributed by atoms with Crippen molar-refractivity contribution in [3.8, 4) is 0 Å². The average molecular weight is 308 g/mol. The number of rotatable bonds is 4. The monoisotopic (exact) mass is 308 g/mol. The molecule has 0 radical (unpaired) electrons. The van der Waals surface area contributed by atoms with E-state index in [1.807, 2.05) is 45.3 Å². The molecule has 21 heavy (non-hydrogen) atoms. The summed E-state index contributed by atoms with van der Waals surface area (Å²) in [6.45, 7) is 5.96. The number of hydrogen-bond donors (Lipinski definition) is 0. The minimum Gasteiger partial charge on any atom is -0.422 e. The molecule has 0 bridgehead atoms. The summed E-state index contributed by atoms with van der Waals surface area (Å²) in [4.78, 5) is 5.48. The van der Waals surface area contributed by atoms with Gasteiger partial charge in [0.05, 0.1) is 12.8 Å². The lowest BCUT2D eigenvalue weighted by Crippen LogP contribution is -2.56. The van der Waals surface area contributed by atoms with Crippen molar-refractivity contribution in [2.75, 3.05) is 14.2 Å². The molecule has 1 aromatic carbocycles. The predicted molar refractivity (Wildman–Crippen MR) is 85.0 cm³/mol. The second-order valence-electron chi connectivity index (χ2n) is 5.89. The Morgan fingerprint density at radius 1 is 1.33 bits per heavy atom. The van der Waals surface area contributed by atoms with Crippen molar-refractivity contribution in [1.82, 2.24) is 5.06 Å². The van der Waals surface area contributed by atoms with Crippen molar-refractivity contribution < 1.29 is 13.8 Å². The van der Waals surface area contributed by atoms with Gasteiger partial charge in [-0.3, -0.25) is 4.84 Å². The highest BCUT2D eigenvalue weighted by Gasteiger charge is 2.47. The third kappa shape index (κ3) is 3.91. The summed E-state index contributed by atoms with van der Waals surface area (Å²) in [5.41, 5.74) is 1.50. The van der Waals surface area contributed by atoms with Gasteiger partial charge in [0.15, 0.2) is 0 Å². The number of hydroxylamine groups is 2. The van der Waals surface area contributed by atoms with Crippen molar-refractivity contribution in [2.45, 2.75) is 38.6 Å². The average Bonchev–Trinajstić information content (AvgIpc) is 2.56.